The maximum absolute atomic E-state index is 10.7. The first-order valence-electron chi connectivity index (χ1n) is 5.46. The number of carbonyl (C=O) groups excluding carboxylic acids is 1. The van der Waals surface area contributed by atoms with Gasteiger partial charge in [0.1, 0.15) is 0 Å². The van der Waals surface area contributed by atoms with E-state index in [1.807, 2.05) is 24.4 Å². The van der Waals surface area contributed by atoms with E-state index in [-0.39, 0.29) is 5.12 Å². The van der Waals surface area contributed by atoms with Gasteiger partial charge in [-0.05, 0) is 12.1 Å². The molecule has 0 spiro atoms. The molecule has 0 radical (unpaired) electrons. The summed E-state index contributed by atoms with van der Waals surface area (Å²) >= 11 is 1.32. The van der Waals surface area contributed by atoms with Crippen molar-refractivity contribution in [2.75, 3.05) is 5.75 Å². The van der Waals surface area contributed by atoms with Crippen LogP contribution >= 0.6 is 11.8 Å². The normalized spacial score (nSPS) is 9.94. The van der Waals surface area contributed by atoms with Crippen molar-refractivity contribution in [1.29, 1.82) is 0 Å². The SMILES string of the molecule is CC(=O)SCCC#Cc1cccc2cc[nH]c12. The van der Waals surface area contributed by atoms with Crippen molar-refractivity contribution in [3.8, 4) is 11.8 Å². The van der Waals surface area contributed by atoms with E-state index in [1.54, 1.807) is 6.92 Å². The van der Waals surface area contributed by atoms with Crippen LogP contribution in [0.5, 0.6) is 0 Å². The number of hydrogen-bond acceptors (Lipinski definition) is 2. The molecule has 3 heteroatoms. The lowest BCUT2D eigenvalue weighted by atomic mass is 10.1. The zero-order valence-electron chi connectivity index (χ0n) is 9.62. The highest BCUT2D eigenvalue weighted by atomic mass is 32.2. The van der Waals surface area contributed by atoms with E-state index in [1.165, 1.54) is 17.1 Å². The summed E-state index contributed by atoms with van der Waals surface area (Å²) in [6.07, 6.45) is 2.66. The summed E-state index contributed by atoms with van der Waals surface area (Å²) < 4.78 is 0. The molecule has 0 aliphatic heterocycles. The number of para-hydroxylation sites is 1. The third kappa shape index (κ3) is 3.15. The van der Waals surface area contributed by atoms with Gasteiger partial charge in [-0.3, -0.25) is 4.79 Å². The minimum atomic E-state index is 0.151. The van der Waals surface area contributed by atoms with Crippen molar-refractivity contribution >= 4 is 27.8 Å². The smallest absolute Gasteiger partial charge is 0.185 e. The second-order valence-corrected chi connectivity index (χ2v) is 4.91. The van der Waals surface area contributed by atoms with E-state index >= 15 is 0 Å². The van der Waals surface area contributed by atoms with Crippen molar-refractivity contribution in [1.82, 2.24) is 4.98 Å². The zero-order chi connectivity index (χ0) is 12.1. The van der Waals surface area contributed by atoms with Gasteiger partial charge in [0.25, 0.3) is 0 Å². The number of rotatable bonds is 2. The maximum Gasteiger partial charge on any atom is 0.185 e. The summed E-state index contributed by atoms with van der Waals surface area (Å²) in [6, 6.07) is 8.10. The number of benzene rings is 1. The minimum Gasteiger partial charge on any atom is -0.360 e. The average Bonchev–Trinajstić information content (AvgIpc) is 2.77. The van der Waals surface area contributed by atoms with Gasteiger partial charge in [0, 0.05) is 36.2 Å². The Morgan fingerprint density at radius 2 is 2.29 bits per heavy atom. The molecule has 0 atom stereocenters. The van der Waals surface area contributed by atoms with Crippen LogP contribution in [0.25, 0.3) is 10.9 Å². The molecular formula is C14H13NOS. The number of aromatic nitrogens is 1. The topological polar surface area (TPSA) is 32.9 Å². The van der Waals surface area contributed by atoms with Gasteiger partial charge < -0.3 is 4.98 Å². The fraction of sp³-hybridized carbons (Fsp3) is 0.214. The fourth-order valence-electron chi connectivity index (χ4n) is 1.59. The second-order valence-electron chi connectivity index (χ2n) is 3.64. The summed E-state index contributed by atoms with van der Waals surface area (Å²) in [5.41, 5.74) is 2.10. The predicted octanol–water partition coefficient (Wildman–Crippen LogP) is 3.19. The van der Waals surface area contributed by atoms with Crippen molar-refractivity contribution in [3.05, 3.63) is 36.0 Å². The lowest BCUT2D eigenvalue weighted by Crippen LogP contribution is -1.84. The van der Waals surface area contributed by atoms with Crippen molar-refractivity contribution in [2.24, 2.45) is 0 Å². The first kappa shape index (κ1) is 11.8. The zero-order valence-corrected chi connectivity index (χ0v) is 10.4. The second kappa shape index (κ2) is 5.60. The van der Waals surface area contributed by atoms with E-state index < -0.39 is 0 Å². The van der Waals surface area contributed by atoms with Crippen LogP contribution in [0.4, 0.5) is 0 Å². The van der Waals surface area contributed by atoms with Crippen LogP contribution < -0.4 is 0 Å². The standard InChI is InChI=1S/C14H13NOS/c1-11(16)17-10-3-2-5-12-6-4-7-13-8-9-15-14(12)13/h4,6-9,15H,3,10H2,1H3. The molecule has 1 aromatic heterocycles. The Bertz CT molecular complexity index is 589. The molecule has 2 nitrogen and oxygen atoms in total. The summed E-state index contributed by atoms with van der Waals surface area (Å²) in [5.74, 6) is 7.00. The molecule has 0 aliphatic carbocycles. The van der Waals surface area contributed by atoms with Crippen LogP contribution in [0.3, 0.4) is 0 Å². The molecule has 0 fully saturated rings. The van der Waals surface area contributed by atoms with E-state index in [0.29, 0.717) is 0 Å². The van der Waals surface area contributed by atoms with E-state index in [0.717, 1.165) is 23.3 Å². The van der Waals surface area contributed by atoms with Crippen LogP contribution in [-0.4, -0.2) is 15.9 Å². The van der Waals surface area contributed by atoms with E-state index in [4.69, 9.17) is 0 Å². The molecule has 17 heavy (non-hydrogen) atoms. The third-order valence-electron chi connectivity index (χ3n) is 2.34. The summed E-state index contributed by atoms with van der Waals surface area (Å²) in [6.45, 7) is 1.58. The van der Waals surface area contributed by atoms with Gasteiger partial charge in [0.2, 0.25) is 0 Å². The average molecular weight is 243 g/mol. The monoisotopic (exact) mass is 243 g/mol. The quantitative estimate of drug-likeness (QED) is 0.649. The largest absolute Gasteiger partial charge is 0.360 e. The van der Waals surface area contributed by atoms with E-state index in [2.05, 4.69) is 22.9 Å². The van der Waals surface area contributed by atoms with Crippen molar-refractivity contribution < 1.29 is 4.79 Å². The highest BCUT2D eigenvalue weighted by Crippen LogP contribution is 2.15. The van der Waals surface area contributed by atoms with Gasteiger partial charge in [0.15, 0.2) is 5.12 Å². The number of thioether (sulfide) groups is 1. The lowest BCUT2D eigenvalue weighted by molar-refractivity contribution is -0.109. The number of aromatic amines is 1. The molecule has 0 unspecified atom stereocenters. The molecule has 0 bridgehead atoms. The van der Waals surface area contributed by atoms with Crippen LogP contribution in [-0.2, 0) is 4.79 Å². The Kier molecular flexibility index (Phi) is 3.89. The van der Waals surface area contributed by atoms with Gasteiger partial charge in [-0.25, -0.2) is 0 Å². The van der Waals surface area contributed by atoms with Gasteiger partial charge in [-0.2, -0.15) is 0 Å². The Hall–Kier alpha value is -1.66. The fourth-order valence-corrected chi connectivity index (χ4v) is 2.08. The maximum atomic E-state index is 10.7. The van der Waals surface area contributed by atoms with Gasteiger partial charge >= 0.3 is 0 Å². The Labute approximate surface area is 105 Å². The molecular weight excluding hydrogens is 230 g/mol. The summed E-state index contributed by atoms with van der Waals surface area (Å²) in [7, 11) is 0. The molecule has 0 saturated heterocycles. The van der Waals surface area contributed by atoms with Crippen molar-refractivity contribution in [2.45, 2.75) is 13.3 Å². The lowest BCUT2D eigenvalue weighted by Gasteiger charge is -1.93. The third-order valence-corrected chi connectivity index (χ3v) is 3.16. The van der Waals surface area contributed by atoms with Crippen LogP contribution in [0, 0.1) is 11.8 Å². The number of carbonyl (C=O) groups is 1. The molecule has 1 aromatic carbocycles. The number of H-pyrrole nitrogens is 1. The predicted molar refractivity (Wildman–Crippen MR) is 72.9 cm³/mol. The Morgan fingerprint density at radius 3 is 3.12 bits per heavy atom. The van der Waals surface area contributed by atoms with Crippen LogP contribution in [0.1, 0.15) is 18.9 Å². The number of nitrogens with one attached hydrogen (secondary N) is 1. The number of hydrogen-bond donors (Lipinski definition) is 1. The Morgan fingerprint density at radius 1 is 1.41 bits per heavy atom. The molecule has 2 aromatic rings. The highest BCUT2D eigenvalue weighted by Gasteiger charge is 1.97. The highest BCUT2D eigenvalue weighted by molar-refractivity contribution is 8.13. The molecule has 86 valence electrons. The molecule has 0 amide bonds. The first-order chi connectivity index (χ1) is 8.27. The summed E-state index contributed by atoms with van der Waals surface area (Å²) in [4.78, 5) is 13.9. The molecule has 0 aliphatic rings. The number of fused-ring (bicyclic) bond motifs is 1. The first-order valence-corrected chi connectivity index (χ1v) is 6.44. The Balaban J connectivity index is 2.05. The van der Waals surface area contributed by atoms with Gasteiger partial charge in [-0.15, -0.1) is 0 Å². The molecule has 1 N–H and O–H groups in total. The molecule has 0 saturated carbocycles. The molecule has 2 rings (SSSR count). The van der Waals surface area contributed by atoms with Crippen LogP contribution in [0.15, 0.2) is 30.5 Å². The van der Waals surface area contributed by atoms with Gasteiger partial charge in [-0.1, -0.05) is 35.7 Å². The van der Waals surface area contributed by atoms with Crippen LogP contribution in [0.2, 0.25) is 0 Å². The molecule has 1 heterocycles. The van der Waals surface area contributed by atoms with Gasteiger partial charge in [0.05, 0.1) is 5.52 Å². The minimum absolute atomic E-state index is 0.151. The van der Waals surface area contributed by atoms with E-state index in [9.17, 15) is 4.79 Å². The van der Waals surface area contributed by atoms with Crippen molar-refractivity contribution in [3.63, 3.8) is 0 Å². The summed E-state index contributed by atoms with van der Waals surface area (Å²) in [5, 5.41) is 1.33.